The smallest absolute Gasteiger partial charge is 0.135 e. The number of hydrogen-bond donors (Lipinski definition) is 0. The van der Waals surface area contributed by atoms with Crippen molar-refractivity contribution in [2.75, 3.05) is 32.8 Å². The summed E-state index contributed by atoms with van der Waals surface area (Å²) < 4.78 is 11.6. The molecule has 4 heteroatoms. The fraction of sp³-hybridized carbons (Fsp3) is 0.263. The molecule has 120 valence electrons. The number of benzene rings is 2. The molecule has 0 aliphatic carbocycles. The van der Waals surface area contributed by atoms with E-state index in [0.717, 1.165) is 49.9 Å². The number of morpholine rings is 1. The van der Waals surface area contributed by atoms with E-state index in [4.69, 9.17) is 9.47 Å². The van der Waals surface area contributed by atoms with Crippen LogP contribution in [-0.4, -0.2) is 37.7 Å². The molecule has 2 heterocycles. The van der Waals surface area contributed by atoms with Gasteiger partial charge in [-0.25, -0.2) is 0 Å². The molecular weight excluding hydrogens is 310 g/mol. The van der Waals surface area contributed by atoms with E-state index in [1.807, 2.05) is 24.3 Å². The first kappa shape index (κ1) is 16.1. The third-order valence-electron chi connectivity index (χ3n) is 4.20. The van der Waals surface area contributed by atoms with Gasteiger partial charge in [0.05, 0.1) is 13.2 Å². The highest BCUT2D eigenvalue weighted by Crippen LogP contribution is 2.37. The Labute approximate surface area is 142 Å². The normalized spacial score (nSPS) is 17.0. The van der Waals surface area contributed by atoms with Crippen molar-refractivity contribution >= 4 is 24.1 Å². The van der Waals surface area contributed by atoms with Crippen molar-refractivity contribution in [1.29, 1.82) is 0 Å². The van der Waals surface area contributed by atoms with E-state index in [-0.39, 0.29) is 12.4 Å². The van der Waals surface area contributed by atoms with Crippen LogP contribution in [0.5, 0.6) is 11.5 Å². The average molecular weight is 330 g/mol. The van der Waals surface area contributed by atoms with Crippen LogP contribution < -0.4 is 4.74 Å². The van der Waals surface area contributed by atoms with Crippen molar-refractivity contribution in [3.8, 4) is 11.5 Å². The zero-order valence-corrected chi connectivity index (χ0v) is 13.7. The molecule has 0 amide bonds. The summed E-state index contributed by atoms with van der Waals surface area (Å²) in [7, 11) is 0. The zero-order valence-electron chi connectivity index (χ0n) is 12.9. The molecule has 2 aliphatic heterocycles. The second-order valence-electron chi connectivity index (χ2n) is 5.69. The molecule has 0 spiro atoms. The molecule has 4 rings (SSSR count). The summed E-state index contributed by atoms with van der Waals surface area (Å²) in [6.07, 6.45) is 2.26. The SMILES string of the molecule is C1=C(CN2CCOCC2)c2ccccc2Oc2ccccc21.Cl. The second kappa shape index (κ2) is 7.18. The molecule has 0 saturated carbocycles. The summed E-state index contributed by atoms with van der Waals surface area (Å²) in [5, 5.41) is 0. The van der Waals surface area contributed by atoms with Gasteiger partial charge in [-0.15, -0.1) is 12.4 Å². The molecule has 0 atom stereocenters. The highest BCUT2D eigenvalue weighted by atomic mass is 35.5. The molecule has 2 aromatic rings. The fourth-order valence-electron chi connectivity index (χ4n) is 3.03. The third kappa shape index (κ3) is 3.42. The molecule has 2 aliphatic rings. The van der Waals surface area contributed by atoms with Crippen molar-refractivity contribution in [2.45, 2.75) is 0 Å². The quantitative estimate of drug-likeness (QED) is 0.828. The summed E-state index contributed by atoms with van der Waals surface area (Å²) in [6.45, 7) is 4.55. The van der Waals surface area contributed by atoms with Crippen molar-refractivity contribution in [3.63, 3.8) is 0 Å². The van der Waals surface area contributed by atoms with E-state index < -0.39 is 0 Å². The number of rotatable bonds is 2. The minimum absolute atomic E-state index is 0. The van der Waals surface area contributed by atoms with E-state index in [2.05, 4.69) is 35.2 Å². The maximum Gasteiger partial charge on any atom is 0.135 e. The number of para-hydroxylation sites is 2. The number of ether oxygens (including phenoxy) is 2. The Morgan fingerprint density at radius 3 is 2.39 bits per heavy atom. The van der Waals surface area contributed by atoms with E-state index in [0.29, 0.717) is 0 Å². The predicted molar refractivity (Wildman–Crippen MR) is 95.3 cm³/mol. The van der Waals surface area contributed by atoms with Crippen LogP contribution in [0.15, 0.2) is 48.5 Å². The van der Waals surface area contributed by atoms with Crippen LogP contribution in [0, 0.1) is 0 Å². The first-order chi connectivity index (χ1) is 10.9. The number of nitrogens with zero attached hydrogens (tertiary/aromatic N) is 1. The Morgan fingerprint density at radius 1 is 0.870 bits per heavy atom. The summed E-state index contributed by atoms with van der Waals surface area (Å²) >= 11 is 0. The Morgan fingerprint density at radius 2 is 1.57 bits per heavy atom. The lowest BCUT2D eigenvalue weighted by atomic mass is 10.0. The number of halogens is 1. The molecule has 23 heavy (non-hydrogen) atoms. The monoisotopic (exact) mass is 329 g/mol. The first-order valence-electron chi connectivity index (χ1n) is 7.77. The van der Waals surface area contributed by atoms with E-state index >= 15 is 0 Å². The van der Waals surface area contributed by atoms with Crippen LogP contribution in [0.1, 0.15) is 11.1 Å². The molecule has 3 nitrogen and oxygen atoms in total. The molecule has 0 radical (unpaired) electrons. The zero-order chi connectivity index (χ0) is 14.8. The largest absolute Gasteiger partial charge is 0.456 e. The van der Waals surface area contributed by atoms with E-state index in [1.165, 1.54) is 11.1 Å². The Bertz CT molecular complexity index is 708. The highest BCUT2D eigenvalue weighted by Gasteiger charge is 2.19. The van der Waals surface area contributed by atoms with Crippen LogP contribution in [0.4, 0.5) is 0 Å². The van der Waals surface area contributed by atoms with Gasteiger partial charge in [0.25, 0.3) is 0 Å². The molecular formula is C19H20ClNO2. The van der Waals surface area contributed by atoms with Gasteiger partial charge in [0.2, 0.25) is 0 Å². The van der Waals surface area contributed by atoms with Gasteiger partial charge in [-0.2, -0.15) is 0 Å². The summed E-state index contributed by atoms with van der Waals surface area (Å²) in [4.78, 5) is 2.44. The third-order valence-corrected chi connectivity index (χ3v) is 4.20. The van der Waals surface area contributed by atoms with Gasteiger partial charge in [-0.3, -0.25) is 4.90 Å². The van der Waals surface area contributed by atoms with Crippen molar-refractivity contribution in [1.82, 2.24) is 4.90 Å². The first-order valence-corrected chi connectivity index (χ1v) is 7.77. The number of fused-ring (bicyclic) bond motifs is 2. The maximum absolute atomic E-state index is 6.13. The Hall–Kier alpha value is -1.81. The minimum atomic E-state index is 0. The molecule has 0 N–H and O–H groups in total. The maximum atomic E-state index is 6.13. The lowest BCUT2D eigenvalue weighted by Crippen LogP contribution is -2.37. The average Bonchev–Trinajstić information content (AvgIpc) is 2.72. The molecule has 1 saturated heterocycles. The van der Waals surface area contributed by atoms with Crippen molar-refractivity contribution < 1.29 is 9.47 Å². The number of hydrogen-bond acceptors (Lipinski definition) is 3. The Balaban J connectivity index is 0.00000156. The summed E-state index contributed by atoms with van der Waals surface area (Å²) in [6, 6.07) is 16.5. The van der Waals surface area contributed by atoms with E-state index in [9.17, 15) is 0 Å². The summed E-state index contributed by atoms with van der Waals surface area (Å²) in [5.74, 6) is 1.86. The van der Waals surface area contributed by atoms with Crippen LogP contribution in [0.3, 0.4) is 0 Å². The van der Waals surface area contributed by atoms with Gasteiger partial charge in [0, 0.05) is 30.8 Å². The van der Waals surface area contributed by atoms with Crippen LogP contribution in [0.25, 0.3) is 11.6 Å². The topological polar surface area (TPSA) is 21.7 Å². The van der Waals surface area contributed by atoms with Crippen LogP contribution in [-0.2, 0) is 4.74 Å². The lowest BCUT2D eigenvalue weighted by Gasteiger charge is -2.27. The van der Waals surface area contributed by atoms with Gasteiger partial charge < -0.3 is 9.47 Å². The molecule has 1 fully saturated rings. The Kier molecular flexibility index (Phi) is 5.01. The lowest BCUT2D eigenvalue weighted by molar-refractivity contribution is 0.0444. The molecule has 2 aromatic carbocycles. The minimum Gasteiger partial charge on any atom is -0.456 e. The van der Waals surface area contributed by atoms with Gasteiger partial charge in [0.1, 0.15) is 11.5 Å². The van der Waals surface area contributed by atoms with Crippen LogP contribution >= 0.6 is 12.4 Å². The second-order valence-corrected chi connectivity index (χ2v) is 5.69. The van der Waals surface area contributed by atoms with Crippen molar-refractivity contribution in [3.05, 3.63) is 59.7 Å². The van der Waals surface area contributed by atoms with E-state index in [1.54, 1.807) is 0 Å². The fourth-order valence-corrected chi connectivity index (χ4v) is 3.03. The molecule has 0 bridgehead atoms. The van der Waals surface area contributed by atoms with Crippen molar-refractivity contribution in [2.24, 2.45) is 0 Å². The van der Waals surface area contributed by atoms with Crippen LogP contribution in [0.2, 0.25) is 0 Å². The highest BCUT2D eigenvalue weighted by molar-refractivity contribution is 5.88. The summed E-state index contributed by atoms with van der Waals surface area (Å²) in [5.41, 5.74) is 3.63. The predicted octanol–water partition coefficient (Wildman–Crippen LogP) is 4.09. The molecule has 0 unspecified atom stereocenters. The standard InChI is InChI=1S/C19H19NO2.ClH/c1-3-7-18-15(5-1)13-16(14-20-9-11-21-12-10-20)17-6-2-4-8-19(17)22-18;/h1-8,13H,9-12,14H2;1H. The molecule has 0 aromatic heterocycles. The van der Waals surface area contributed by atoms with Gasteiger partial charge in [-0.05, 0) is 23.8 Å². The van der Waals surface area contributed by atoms with Gasteiger partial charge >= 0.3 is 0 Å². The van der Waals surface area contributed by atoms with Gasteiger partial charge in [-0.1, -0.05) is 36.4 Å². The van der Waals surface area contributed by atoms with Gasteiger partial charge in [0.15, 0.2) is 0 Å².